The Hall–Kier alpha value is -2.50. The molecule has 0 amide bonds. The molecule has 2 aromatic rings. The first-order valence-electron chi connectivity index (χ1n) is 11.5. The fraction of sp³-hybridized carbons (Fsp3) is 0.423. The fourth-order valence-corrected chi connectivity index (χ4v) is 5.25. The minimum atomic E-state index is -0.360. The second kappa shape index (κ2) is 8.93. The van der Waals surface area contributed by atoms with Crippen molar-refractivity contribution in [3.63, 3.8) is 0 Å². The van der Waals surface area contributed by atoms with E-state index >= 15 is 0 Å². The lowest BCUT2D eigenvalue weighted by atomic mass is 9.98. The molecule has 4 nitrogen and oxygen atoms in total. The lowest BCUT2D eigenvalue weighted by molar-refractivity contribution is 0.222. The lowest BCUT2D eigenvalue weighted by Gasteiger charge is -2.30. The van der Waals surface area contributed by atoms with E-state index in [4.69, 9.17) is 0 Å². The molecule has 0 saturated heterocycles. The highest BCUT2D eigenvalue weighted by Gasteiger charge is 2.21. The highest BCUT2D eigenvalue weighted by atomic mass is 19.1. The van der Waals surface area contributed by atoms with Crippen LogP contribution in [0, 0.1) is 5.82 Å². The van der Waals surface area contributed by atoms with Crippen LogP contribution in [0.2, 0.25) is 0 Å². The number of nitrogens with one attached hydrogen (secondary N) is 1. The number of benzene rings is 1. The summed E-state index contributed by atoms with van der Waals surface area (Å²) in [6, 6.07) is 4.58. The van der Waals surface area contributed by atoms with E-state index in [1.54, 1.807) is 11.6 Å². The number of aromatic amines is 1. The van der Waals surface area contributed by atoms with Crippen molar-refractivity contribution in [2.75, 3.05) is 32.7 Å². The highest BCUT2D eigenvalue weighted by Crippen LogP contribution is 2.26. The van der Waals surface area contributed by atoms with Crippen LogP contribution in [0.1, 0.15) is 36.9 Å². The van der Waals surface area contributed by atoms with Crippen LogP contribution >= 0.6 is 0 Å². The second-order valence-electron chi connectivity index (χ2n) is 8.98. The summed E-state index contributed by atoms with van der Waals surface area (Å²) >= 11 is 0. The van der Waals surface area contributed by atoms with E-state index in [1.165, 1.54) is 37.1 Å². The molecule has 1 aromatic carbocycles. The summed E-state index contributed by atoms with van der Waals surface area (Å²) in [5, 5.41) is 1.35. The Bertz CT molecular complexity index is 1130. The van der Waals surface area contributed by atoms with Gasteiger partial charge in [0.2, 0.25) is 0 Å². The second-order valence-corrected chi connectivity index (χ2v) is 8.98. The van der Waals surface area contributed by atoms with Crippen LogP contribution in [0.5, 0.6) is 0 Å². The van der Waals surface area contributed by atoms with Gasteiger partial charge >= 0.3 is 0 Å². The highest BCUT2D eigenvalue weighted by molar-refractivity contribution is 5.85. The van der Waals surface area contributed by atoms with Crippen molar-refractivity contribution in [1.29, 1.82) is 0 Å². The van der Waals surface area contributed by atoms with Crippen molar-refractivity contribution in [1.82, 2.24) is 14.8 Å². The fourth-order valence-electron chi connectivity index (χ4n) is 5.25. The minimum Gasteiger partial charge on any atom is -0.325 e. The molecule has 0 atom stereocenters. The largest absolute Gasteiger partial charge is 0.325 e. The molecule has 0 bridgehead atoms. The molecule has 5 heteroatoms. The summed E-state index contributed by atoms with van der Waals surface area (Å²) in [6.07, 6.45) is 14.4. The summed E-state index contributed by atoms with van der Waals surface area (Å²) in [4.78, 5) is 20.4. The molecule has 2 aliphatic heterocycles. The molecule has 0 spiro atoms. The van der Waals surface area contributed by atoms with E-state index in [1.807, 2.05) is 0 Å². The maximum absolute atomic E-state index is 13.6. The lowest BCUT2D eigenvalue weighted by Crippen LogP contribution is -2.35. The number of nitrogens with zero attached hydrogens (tertiary/aromatic N) is 2. The van der Waals surface area contributed by atoms with E-state index in [9.17, 15) is 9.18 Å². The number of halogens is 1. The third-order valence-electron chi connectivity index (χ3n) is 6.89. The maximum atomic E-state index is 13.6. The topological polar surface area (TPSA) is 39.3 Å². The van der Waals surface area contributed by atoms with Gasteiger partial charge in [-0.2, -0.15) is 0 Å². The Morgan fingerprint density at radius 1 is 1.00 bits per heavy atom. The first-order valence-corrected chi connectivity index (χ1v) is 11.5. The molecule has 0 unspecified atom stereocenters. The molecule has 0 fully saturated rings. The molecule has 0 saturated carbocycles. The van der Waals surface area contributed by atoms with Crippen LogP contribution < -0.4 is 5.56 Å². The maximum Gasteiger partial charge on any atom is 0.256 e. The van der Waals surface area contributed by atoms with Gasteiger partial charge in [0.15, 0.2) is 0 Å². The first kappa shape index (κ1) is 20.4. The SMILES string of the molecule is O=c1[nH]c2c(c3ccc(F)cc13)CN(CCCN1CCCC3=C(CC=CC=C3)C1)CC2. The molecule has 5 rings (SSSR count). The molecule has 1 aromatic heterocycles. The van der Waals surface area contributed by atoms with Gasteiger partial charge in [-0.05, 0) is 79.5 Å². The van der Waals surface area contributed by atoms with Gasteiger partial charge in [-0.15, -0.1) is 0 Å². The molecule has 1 N–H and O–H groups in total. The average Bonchev–Trinajstić information content (AvgIpc) is 3.09. The van der Waals surface area contributed by atoms with Gasteiger partial charge in [-0.1, -0.05) is 30.4 Å². The number of hydrogen-bond donors (Lipinski definition) is 1. The quantitative estimate of drug-likeness (QED) is 0.802. The van der Waals surface area contributed by atoms with Crippen molar-refractivity contribution < 1.29 is 4.39 Å². The van der Waals surface area contributed by atoms with Crippen LogP contribution in [-0.4, -0.2) is 47.5 Å². The van der Waals surface area contributed by atoms with E-state index in [0.717, 1.165) is 68.6 Å². The standard InChI is InChI=1S/C26H30FN3O/c27-21-9-10-22-23(16-21)26(31)28-25-11-15-30(18-24(22)25)14-5-13-29-12-4-8-19-6-2-1-3-7-20(19)17-29/h1-3,6,9-10,16H,4-5,7-8,11-15,17-18H2,(H,28,31). The van der Waals surface area contributed by atoms with Gasteiger partial charge in [-0.25, -0.2) is 4.39 Å². The van der Waals surface area contributed by atoms with E-state index < -0.39 is 0 Å². The van der Waals surface area contributed by atoms with Crippen LogP contribution in [0.25, 0.3) is 10.8 Å². The molecule has 3 heterocycles. The minimum absolute atomic E-state index is 0.181. The zero-order valence-electron chi connectivity index (χ0n) is 18.0. The molecule has 3 aliphatic rings. The van der Waals surface area contributed by atoms with Gasteiger partial charge in [-0.3, -0.25) is 14.6 Å². The Morgan fingerprint density at radius 2 is 1.87 bits per heavy atom. The van der Waals surface area contributed by atoms with Crippen LogP contribution in [0.15, 0.2) is 58.4 Å². The summed E-state index contributed by atoms with van der Waals surface area (Å²) in [5.74, 6) is -0.360. The van der Waals surface area contributed by atoms with Crippen LogP contribution in [0.4, 0.5) is 4.39 Å². The number of hydrogen-bond acceptors (Lipinski definition) is 3. The summed E-state index contributed by atoms with van der Waals surface area (Å²) < 4.78 is 13.6. The van der Waals surface area contributed by atoms with Crippen molar-refractivity contribution in [3.8, 4) is 0 Å². The molecular formula is C26H30FN3O. The summed E-state index contributed by atoms with van der Waals surface area (Å²) in [6.45, 7) is 6.20. The zero-order valence-corrected chi connectivity index (χ0v) is 18.0. The smallest absolute Gasteiger partial charge is 0.256 e. The van der Waals surface area contributed by atoms with Crippen LogP contribution in [0.3, 0.4) is 0 Å². The Morgan fingerprint density at radius 3 is 2.77 bits per heavy atom. The van der Waals surface area contributed by atoms with Gasteiger partial charge in [0.1, 0.15) is 5.82 Å². The third kappa shape index (κ3) is 4.43. The van der Waals surface area contributed by atoms with E-state index in [-0.39, 0.29) is 11.4 Å². The Kier molecular flexibility index (Phi) is 5.88. The summed E-state index contributed by atoms with van der Waals surface area (Å²) in [7, 11) is 0. The van der Waals surface area contributed by atoms with Crippen molar-refractivity contribution >= 4 is 10.8 Å². The molecule has 1 aliphatic carbocycles. The molecular weight excluding hydrogens is 389 g/mol. The normalized spacial score (nSPS) is 19.9. The Balaban J connectivity index is 1.22. The number of fused-ring (bicyclic) bond motifs is 3. The Labute approximate surface area is 182 Å². The number of aromatic nitrogens is 1. The third-order valence-corrected chi connectivity index (χ3v) is 6.89. The average molecular weight is 420 g/mol. The van der Waals surface area contributed by atoms with Crippen molar-refractivity contribution in [2.24, 2.45) is 0 Å². The molecule has 162 valence electrons. The zero-order chi connectivity index (χ0) is 21.2. The summed E-state index contributed by atoms with van der Waals surface area (Å²) in [5.41, 5.74) is 5.11. The predicted molar refractivity (Wildman–Crippen MR) is 124 cm³/mol. The molecule has 0 radical (unpaired) electrons. The number of H-pyrrole nitrogens is 1. The van der Waals surface area contributed by atoms with E-state index in [2.05, 4.69) is 39.1 Å². The predicted octanol–water partition coefficient (Wildman–Crippen LogP) is 4.32. The number of pyridine rings is 1. The van der Waals surface area contributed by atoms with Crippen LogP contribution in [-0.2, 0) is 13.0 Å². The van der Waals surface area contributed by atoms with Crippen molar-refractivity contribution in [3.05, 3.63) is 81.1 Å². The van der Waals surface area contributed by atoms with Crippen molar-refractivity contribution in [2.45, 2.75) is 38.6 Å². The van der Waals surface area contributed by atoms with Gasteiger partial charge in [0.25, 0.3) is 5.56 Å². The number of rotatable bonds is 4. The number of allylic oxidation sites excluding steroid dienone is 5. The first-order chi connectivity index (χ1) is 15.2. The van der Waals surface area contributed by atoms with Gasteiger partial charge < -0.3 is 4.98 Å². The van der Waals surface area contributed by atoms with Gasteiger partial charge in [0.05, 0.1) is 5.39 Å². The monoisotopic (exact) mass is 419 g/mol. The van der Waals surface area contributed by atoms with Gasteiger partial charge in [0, 0.05) is 31.7 Å². The van der Waals surface area contributed by atoms with E-state index in [0.29, 0.717) is 5.39 Å². The molecule has 31 heavy (non-hydrogen) atoms.